The molecule has 2 aromatic rings. The number of benzene rings is 1. The van der Waals surface area contributed by atoms with Gasteiger partial charge in [-0.15, -0.1) is 0 Å². The van der Waals surface area contributed by atoms with Crippen LogP contribution in [0.2, 0.25) is 0 Å². The number of likely N-dealkylation sites (tertiary alicyclic amines) is 1. The summed E-state index contributed by atoms with van der Waals surface area (Å²) in [7, 11) is 1.91. The zero-order chi connectivity index (χ0) is 15.1. The van der Waals surface area contributed by atoms with Gasteiger partial charge in [0.15, 0.2) is 0 Å². The normalized spacial score (nSPS) is 24.8. The minimum absolute atomic E-state index is 0.192. The summed E-state index contributed by atoms with van der Waals surface area (Å²) in [4.78, 5) is 2.58. The zero-order valence-electron chi connectivity index (χ0n) is 13.0. The lowest BCUT2D eigenvalue weighted by atomic mass is 9.90. The zero-order valence-corrected chi connectivity index (χ0v) is 13.0. The molecule has 2 fully saturated rings. The Morgan fingerprint density at radius 3 is 2.95 bits per heavy atom. The highest BCUT2D eigenvalue weighted by Crippen LogP contribution is 2.37. The summed E-state index contributed by atoms with van der Waals surface area (Å²) in [6.45, 7) is 2.08. The Labute approximate surface area is 130 Å². The summed E-state index contributed by atoms with van der Waals surface area (Å²) in [5, 5.41) is 4.52. The van der Waals surface area contributed by atoms with Crippen molar-refractivity contribution in [1.29, 1.82) is 0 Å². The highest BCUT2D eigenvalue weighted by atomic mass is 19.1. The predicted octanol–water partition coefficient (Wildman–Crippen LogP) is 3.60. The molecule has 1 aromatic heterocycles. The molecule has 1 aliphatic carbocycles. The molecule has 0 spiro atoms. The first-order chi connectivity index (χ1) is 10.7. The molecule has 3 nitrogen and oxygen atoms in total. The average molecular weight is 299 g/mol. The standard InChI is InChI=1S/C18H22FN3/c1-21-11-14(12-22-10-13-5-4-6-15(22)9-13)18(20-21)16-7-2-3-8-17(16)19/h2-3,7-8,11,13,15H,4-6,9-10,12H2,1H3/t13-,15+/m1/s1. The van der Waals surface area contributed by atoms with E-state index in [9.17, 15) is 4.39 Å². The number of hydrogen-bond donors (Lipinski definition) is 0. The number of halogens is 1. The SMILES string of the molecule is Cn1cc(CN2C[C@@H]3CCC[C@H]2C3)c(-c2ccccc2F)n1. The Hall–Kier alpha value is -1.68. The highest BCUT2D eigenvalue weighted by Gasteiger charge is 2.35. The first-order valence-corrected chi connectivity index (χ1v) is 8.22. The third-order valence-electron chi connectivity index (χ3n) is 5.17. The fraction of sp³-hybridized carbons (Fsp3) is 0.500. The molecule has 22 heavy (non-hydrogen) atoms. The van der Waals surface area contributed by atoms with Crippen molar-refractivity contribution >= 4 is 0 Å². The number of hydrogen-bond acceptors (Lipinski definition) is 2. The number of aromatic nitrogens is 2. The molecule has 4 rings (SSSR count). The highest BCUT2D eigenvalue weighted by molar-refractivity contribution is 5.63. The third kappa shape index (κ3) is 2.45. The molecule has 0 radical (unpaired) electrons. The molecule has 116 valence electrons. The fourth-order valence-corrected chi connectivity index (χ4v) is 4.19. The van der Waals surface area contributed by atoms with Crippen molar-refractivity contribution in [1.82, 2.24) is 14.7 Å². The molecule has 0 N–H and O–H groups in total. The Morgan fingerprint density at radius 2 is 2.14 bits per heavy atom. The van der Waals surface area contributed by atoms with Crippen LogP contribution in [-0.2, 0) is 13.6 Å². The Balaban J connectivity index is 1.64. The van der Waals surface area contributed by atoms with Crippen LogP contribution >= 0.6 is 0 Å². The molecule has 2 bridgehead atoms. The van der Waals surface area contributed by atoms with Gasteiger partial charge in [0.2, 0.25) is 0 Å². The lowest BCUT2D eigenvalue weighted by Crippen LogP contribution is -2.28. The minimum atomic E-state index is -0.192. The Bertz CT molecular complexity index is 679. The van der Waals surface area contributed by atoms with E-state index < -0.39 is 0 Å². The van der Waals surface area contributed by atoms with E-state index in [0.717, 1.165) is 23.7 Å². The van der Waals surface area contributed by atoms with Crippen LogP contribution in [0.5, 0.6) is 0 Å². The van der Waals surface area contributed by atoms with Gasteiger partial charge < -0.3 is 0 Å². The lowest BCUT2D eigenvalue weighted by molar-refractivity contribution is 0.237. The number of fused-ring (bicyclic) bond motifs is 2. The summed E-state index contributed by atoms with van der Waals surface area (Å²) < 4.78 is 15.9. The fourth-order valence-electron chi connectivity index (χ4n) is 4.19. The van der Waals surface area contributed by atoms with Gasteiger partial charge in [0, 0.05) is 43.5 Å². The summed E-state index contributed by atoms with van der Waals surface area (Å²) >= 11 is 0. The van der Waals surface area contributed by atoms with Gasteiger partial charge in [-0.25, -0.2) is 4.39 Å². The summed E-state index contributed by atoms with van der Waals surface area (Å²) in [5.41, 5.74) is 2.54. The second-order valence-corrected chi connectivity index (χ2v) is 6.77. The monoisotopic (exact) mass is 299 g/mol. The molecule has 2 heterocycles. The van der Waals surface area contributed by atoms with Gasteiger partial charge in [0.1, 0.15) is 5.82 Å². The second-order valence-electron chi connectivity index (χ2n) is 6.77. The van der Waals surface area contributed by atoms with Gasteiger partial charge in [-0.05, 0) is 37.3 Å². The van der Waals surface area contributed by atoms with Crippen LogP contribution in [0.25, 0.3) is 11.3 Å². The molecular weight excluding hydrogens is 277 g/mol. The van der Waals surface area contributed by atoms with Crippen molar-refractivity contribution in [3.8, 4) is 11.3 Å². The van der Waals surface area contributed by atoms with Gasteiger partial charge in [0.05, 0.1) is 5.69 Å². The molecule has 4 heteroatoms. The third-order valence-corrected chi connectivity index (χ3v) is 5.17. The number of aryl methyl sites for hydroxylation is 1. The maximum Gasteiger partial charge on any atom is 0.132 e. The molecule has 0 amide bonds. The Morgan fingerprint density at radius 1 is 1.27 bits per heavy atom. The molecule has 2 aliphatic rings. The molecule has 1 saturated carbocycles. The van der Waals surface area contributed by atoms with Gasteiger partial charge >= 0.3 is 0 Å². The first-order valence-electron chi connectivity index (χ1n) is 8.22. The van der Waals surface area contributed by atoms with Gasteiger partial charge in [0.25, 0.3) is 0 Å². The minimum Gasteiger partial charge on any atom is -0.296 e. The second kappa shape index (κ2) is 5.51. The number of nitrogens with zero attached hydrogens (tertiary/aromatic N) is 3. The van der Waals surface area contributed by atoms with Crippen molar-refractivity contribution in [3.05, 3.63) is 41.8 Å². The van der Waals surface area contributed by atoms with Crippen LogP contribution < -0.4 is 0 Å². The predicted molar refractivity (Wildman–Crippen MR) is 84.8 cm³/mol. The quantitative estimate of drug-likeness (QED) is 0.863. The maximum absolute atomic E-state index is 14.1. The first kappa shape index (κ1) is 13.9. The molecule has 1 aromatic carbocycles. The molecule has 0 unspecified atom stereocenters. The molecule has 2 atom stereocenters. The van der Waals surface area contributed by atoms with Gasteiger partial charge in [-0.2, -0.15) is 5.10 Å². The van der Waals surface area contributed by atoms with Crippen molar-refractivity contribution in [2.75, 3.05) is 6.54 Å². The summed E-state index contributed by atoms with van der Waals surface area (Å²) in [5.74, 6) is 0.676. The van der Waals surface area contributed by atoms with E-state index in [0.29, 0.717) is 11.6 Å². The van der Waals surface area contributed by atoms with Crippen LogP contribution in [0.3, 0.4) is 0 Å². The molecule has 1 saturated heterocycles. The smallest absolute Gasteiger partial charge is 0.132 e. The molecule has 1 aliphatic heterocycles. The largest absolute Gasteiger partial charge is 0.296 e. The average Bonchev–Trinajstić information content (AvgIpc) is 3.00. The van der Waals surface area contributed by atoms with Gasteiger partial charge in [-0.3, -0.25) is 9.58 Å². The van der Waals surface area contributed by atoms with Crippen molar-refractivity contribution in [2.24, 2.45) is 13.0 Å². The topological polar surface area (TPSA) is 21.1 Å². The van der Waals surface area contributed by atoms with Crippen molar-refractivity contribution < 1.29 is 4.39 Å². The van der Waals surface area contributed by atoms with E-state index in [1.165, 1.54) is 38.3 Å². The van der Waals surface area contributed by atoms with E-state index in [4.69, 9.17) is 0 Å². The number of rotatable bonds is 3. The van der Waals surface area contributed by atoms with Crippen LogP contribution in [0.4, 0.5) is 4.39 Å². The molecular formula is C18H22FN3. The van der Waals surface area contributed by atoms with Crippen LogP contribution in [0.1, 0.15) is 31.2 Å². The van der Waals surface area contributed by atoms with Crippen molar-refractivity contribution in [2.45, 2.75) is 38.3 Å². The lowest BCUT2D eigenvalue weighted by Gasteiger charge is -2.24. The Kier molecular flexibility index (Phi) is 3.49. The summed E-state index contributed by atoms with van der Waals surface area (Å²) in [6, 6.07) is 7.65. The van der Waals surface area contributed by atoms with Crippen LogP contribution in [0.15, 0.2) is 30.5 Å². The summed E-state index contributed by atoms with van der Waals surface area (Å²) in [6.07, 6.45) is 7.43. The maximum atomic E-state index is 14.1. The van der Waals surface area contributed by atoms with Crippen LogP contribution in [-0.4, -0.2) is 27.3 Å². The van der Waals surface area contributed by atoms with E-state index in [1.807, 2.05) is 25.4 Å². The van der Waals surface area contributed by atoms with E-state index >= 15 is 0 Å². The van der Waals surface area contributed by atoms with Crippen molar-refractivity contribution in [3.63, 3.8) is 0 Å². The van der Waals surface area contributed by atoms with Gasteiger partial charge in [-0.1, -0.05) is 18.6 Å². The van der Waals surface area contributed by atoms with Crippen LogP contribution in [0, 0.1) is 11.7 Å². The van der Waals surface area contributed by atoms with E-state index in [2.05, 4.69) is 10.00 Å². The van der Waals surface area contributed by atoms with E-state index in [-0.39, 0.29) is 5.82 Å². The van der Waals surface area contributed by atoms with E-state index in [1.54, 1.807) is 10.7 Å².